The van der Waals surface area contributed by atoms with Crippen LogP contribution in [0.5, 0.6) is 0 Å². The molecule has 0 radical (unpaired) electrons. The first kappa shape index (κ1) is 12.7. The first-order valence-corrected chi connectivity index (χ1v) is 7.23. The number of rotatable bonds is 2. The SMILES string of the molecule is Cc1ccc2oc(C(N)c3ccccc3I)cc2c1. The number of halogens is 1. The second-order valence-electron chi connectivity index (χ2n) is 4.69. The average molecular weight is 363 g/mol. The van der Waals surface area contributed by atoms with Gasteiger partial charge in [-0.05, 0) is 59.3 Å². The monoisotopic (exact) mass is 363 g/mol. The van der Waals surface area contributed by atoms with Gasteiger partial charge in [0.05, 0.1) is 6.04 Å². The van der Waals surface area contributed by atoms with Crippen LogP contribution in [0.4, 0.5) is 0 Å². The lowest BCUT2D eigenvalue weighted by Crippen LogP contribution is -2.12. The summed E-state index contributed by atoms with van der Waals surface area (Å²) in [4.78, 5) is 0. The maximum absolute atomic E-state index is 6.32. The van der Waals surface area contributed by atoms with E-state index >= 15 is 0 Å². The van der Waals surface area contributed by atoms with Gasteiger partial charge in [0, 0.05) is 8.96 Å². The fourth-order valence-electron chi connectivity index (χ4n) is 2.22. The molecule has 19 heavy (non-hydrogen) atoms. The third kappa shape index (κ3) is 2.40. The maximum atomic E-state index is 6.32. The summed E-state index contributed by atoms with van der Waals surface area (Å²) in [6.07, 6.45) is 0. The van der Waals surface area contributed by atoms with Gasteiger partial charge in [0.25, 0.3) is 0 Å². The van der Waals surface area contributed by atoms with Crippen LogP contribution in [-0.2, 0) is 0 Å². The van der Waals surface area contributed by atoms with Crippen molar-refractivity contribution in [1.29, 1.82) is 0 Å². The summed E-state index contributed by atoms with van der Waals surface area (Å²) in [7, 11) is 0. The van der Waals surface area contributed by atoms with Gasteiger partial charge in [0.1, 0.15) is 11.3 Å². The first-order chi connectivity index (χ1) is 9.15. The van der Waals surface area contributed by atoms with E-state index < -0.39 is 0 Å². The van der Waals surface area contributed by atoms with Crippen molar-refractivity contribution in [3.63, 3.8) is 0 Å². The number of aryl methyl sites for hydroxylation is 1. The smallest absolute Gasteiger partial charge is 0.134 e. The Morgan fingerprint density at radius 3 is 2.68 bits per heavy atom. The zero-order chi connectivity index (χ0) is 13.4. The van der Waals surface area contributed by atoms with Gasteiger partial charge in [-0.15, -0.1) is 0 Å². The number of furan rings is 1. The van der Waals surface area contributed by atoms with Crippen LogP contribution >= 0.6 is 22.6 Å². The van der Waals surface area contributed by atoms with Crippen LogP contribution in [0.15, 0.2) is 52.9 Å². The van der Waals surface area contributed by atoms with Gasteiger partial charge in [0.15, 0.2) is 0 Å². The van der Waals surface area contributed by atoms with E-state index in [-0.39, 0.29) is 6.04 Å². The van der Waals surface area contributed by atoms with E-state index in [1.807, 2.05) is 36.4 Å². The molecule has 0 saturated carbocycles. The van der Waals surface area contributed by atoms with Crippen molar-refractivity contribution >= 4 is 33.6 Å². The Balaban J connectivity index is 2.07. The van der Waals surface area contributed by atoms with Crippen molar-refractivity contribution in [2.45, 2.75) is 13.0 Å². The average Bonchev–Trinajstić information content (AvgIpc) is 2.81. The van der Waals surface area contributed by atoms with E-state index in [9.17, 15) is 0 Å². The van der Waals surface area contributed by atoms with Crippen molar-refractivity contribution in [2.75, 3.05) is 0 Å². The Bertz CT molecular complexity index is 732. The lowest BCUT2D eigenvalue weighted by atomic mass is 10.1. The van der Waals surface area contributed by atoms with E-state index in [0.29, 0.717) is 0 Å². The molecule has 0 amide bonds. The number of hydrogen-bond acceptors (Lipinski definition) is 2. The molecular weight excluding hydrogens is 349 g/mol. The molecule has 1 heterocycles. The minimum atomic E-state index is -0.221. The molecule has 3 rings (SSSR count). The van der Waals surface area contributed by atoms with Crippen LogP contribution < -0.4 is 5.73 Å². The third-order valence-corrected chi connectivity index (χ3v) is 4.22. The molecule has 0 fully saturated rings. The Morgan fingerprint density at radius 2 is 1.89 bits per heavy atom. The minimum Gasteiger partial charge on any atom is -0.459 e. The second kappa shape index (κ2) is 4.98. The van der Waals surface area contributed by atoms with Crippen molar-refractivity contribution < 1.29 is 4.42 Å². The number of fused-ring (bicyclic) bond motifs is 1. The summed E-state index contributed by atoms with van der Waals surface area (Å²) >= 11 is 2.30. The van der Waals surface area contributed by atoms with E-state index in [0.717, 1.165) is 25.9 Å². The largest absolute Gasteiger partial charge is 0.459 e. The fraction of sp³-hybridized carbons (Fsp3) is 0.125. The molecule has 0 aliphatic carbocycles. The Labute approximate surface area is 125 Å². The molecule has 3 heteroatoms. The molecule has 1 atom stereocenters. The third-order valence-electron chi connectivity index (χ3n) is 3.24. The summed E-state index contributed by atoms with van der Waals surface area (Å²) in [6.45, 7) is 2.08. The molecule has 0 spiro atoms. The molecule has 0 aliphatic heterocycles. The molecule has 1 aromatic heterocycles. The maximum Gasteiger partial charge on any atom is 0.134 e. The molecule has 0 aliphatic rings. The molecule has 1 unspecified atom stereocenters. The van der Waals surface area contributed by atoms with Crippen LogP contribution in [0.2, 0.25) is 0 Å². The number of hydrogen-bond donors (Lipinski definition) is 1. The zero-order valence-corrected chi connectivity index (χ0v) is 12.7. The van der Waals surface area contributed by atoms with E-state index in [2.05, 4.69) is 41.6 Å². The Hall–Kier alpha value is -1.33. The molecular formula is C16H14INO. The van der Waals surface area contributed by atoms with Gasteiger partial charge in [0.2, 0.25) is 0 Å². The molecule has 0 bridgehead atoms. The van der Waals surface area contributed by atoms with Gasteiger partial charge < -0.3 is 10.2 Å². The lowest BCUT2D eigenvalue weighted by Gasteiger charge is -2.10. The highest BCUT2D eigenvalue weighted by Gasteiger charge is 2.16. The van der Waals surface area contributed by atoms with Gasteiger partial charge >= 0.3 is 0 Å². The predicted molar refractivity (Wildman–Crippen MR) is 86.1 cm³/mol. The van der Waals surface area contributed by atoms with Crippen LogP contribution in [0.25, 0.3) is 11.0 Å². The van der Waals surface area contributed by atoms with Gasteiger partial charge in [-0.3, -0.25) is 0 Å². The van der Waals surface area contributed by atoms with Crippen LogP contribution in [0.3, 0.4) is 0 Å². The molecule has 2 nitrogen and oxygen atoms in total. The summed E-state index contributed by atoms with van der Waals surface area (Å²) in [5, 5.41) is 1.11. The van der Waals surface area contributed by atoms with Crippen molar-refractivity contribution in [1.82, 2.24) is 0 Å². The minimum absolute atomic E-state index is 0.221. The topological polar surface area (TPSA) is 39.2 Å². The normalized spacial score (nSPS) is 12.8. The molecule has 3 aromatic rings. The van der Waals surface area contributed by atoms with E-state index in [1.54, 1.807) is 0 Å². The molecule has 2 N–H and O–H groups in total. The van der Waals surface area contributed by atoms with Gasteiger partial charge in [-0.25, -0.2) is 0 Å². The van der Waals surface area contributed by atoms with Gasteiger partial charge in [-0.2, -0.15) is 0 Å². The zero-order valence-electron chi connectivity index (χ0n) is 10.6. The molecule has 96 valence electrons. The Kier molecular flexibility index (Phi) is 3.33. The summed E-state index contributed by atoms with van der Waals surface area (Å²) in [6, 6.07) is 16.1. The fourth-order valence-corrected chi connectivity index (χ4v) is 2.94. The predicted octanol–water partition coefficient (Wildman–Crippen LogP) is 4.39. The van der Waals surface area contributed by atoms with E-state index in [1.165, 1.54) is 5.56 Å². The number of benzene rings is 2. The number of nitrogens with two attached hydrogens (primary N) is 1. The first-order valence-electron chi connectivity index (χ1n) is 6.15. The van der Waals surface area contributed by atoms with Gasteiger partial charge in [-0.1, -0.05) is 29.8 Å². The summed E-state index contributed by atoms with van der Waals surface area (Å²) < 4.78 is 7.02. The van der Waals surface area contributed by atoms with Crippen LogP contribution in [-0.4, -0.2) is 0 Å². The molecule has 2 aromatic carbocycles. The van der Waals surface area contributed by atoms with Crippen molar-refractivity contribution in [2.24, 2.45) is 5.73 Å². The Morgan fingerprint density at radius 1 is 1.11 bits per heavy atom. The summed E-state index contributed by atoms with van der Waals surface area (Å²) in [5.74, 6) is 0.810. The van der Waals surface area contributed by atoms with Crippen LogP contribution in [0.1, 0.15) is 22.9 Å². The lowest BCUT2D eigenvalue weighted by molar-refractivity contribution is 0.524. The quantitative estimate of drug-likeness (QED) is 0.686. The highest BCUT2D eigenvalue weighted by atomic mass is 127. The van der Waals surface area contributed by atoms with E-state index in [4.69, 9.17) is 10.2 Å². The standard InChI is InChI=1S/C16H14INO/c1-10-6-7-14-11(8-10)9-15(19-14)16(18)12-4-2-3-5-13(12)17/h2-9,16H,18H2,1H3. The van der Waals surface area contributed by atoms with Crippen molar-refractivity contribution in [3.8, 4) is 0 Å². The molecule has 0 saturated heterocycles. The highest BCUT2D eigenvalue weighted by molar-refractivity contribution is 14.1. The summed E-state index contributed by atoms with van der Waals surface area (Å²) in [5.41, 5.74) is 9.53. The highest BCUT2D eigenvalue weighted by Crippen LogP contribution is 2.29. The second-order valence-corrected chi connectivity index (χ2v) is 5.85. The van der Waals surface area contributed by atoms with Crippen molar-refractivity contribution in [3.05, 3.63) is 69.0 Å². The van der Waals surface area contributed by atoms with Crippen LogP contribution in [0, 0.1) is 10.5 Å².